The summed E-state index contributed by atoms with van der Waals surface area (Å²) in [7, 11) is 0. The van der Waals surface area contributed by atoms with Gasteiger partial charge in [-0.15, -0.1) is 10.2 Å². The average Bonchev–Trinajstić information content (AvgIpc) is 2.47. The second kappa shape index (κ2) is 6.09. The second-order valence-corrected chi connectivity index (χ2v) is 3.55. The minimum atomic E-state index is -0.549. The van der Waals surface area contributed by atoms with E-state index in [9.17, 15) is 4.79 Å². The van der Waals surface area contributed by atoms with Gasteiger partial charge in [-0.1, -0.05) is 41.5 Å². The lowest BCUT2D eigenvalue weighted by atomic mass is 10.2. The third-order valence-electron chi connectivity index (χ3n) is 2.30. The van der Waals surface area contributed by atoms with Gasteiger partial charge in [-0.3, -0.25) is 4.79 Å². The van der Waals surface area contributed by atoms with Crippen molar-refractivity contribution in [2.24, 2.45) is 15.3 Å². The average molecular weight is 251 g/mol. The van der Waals surface area contributed by atoms with Crippen LogP contribution >= 0.6 is 0 Å². The molecule has 0 spiro atoms. The minimum absolute atomic E-state index is 0.222. The highest BCUT2D eigenvalue weighted by molar-refractivity contribution is 5.99. The van der Waals surface area contributed by atoms with Gasteiger partial charge in [0.05, 0.1) is 16.9 Å². The van der Waals surface area contributed by atoms with Gasteiger partial charge in [0.25, 0.3) is 5.91 Å². The van der Waals surface area contributed by atoms with Gasteiger partial charge in [-0.05, 0) is 23.7 Å². The normalized spacial score (nSPS) is 10.1. The Kier molecular flexibility index (Phi) is 4.00. The molecular weight excluding hydrogens is 242 g/mol. The minimum Gasteiger partial charge on any atom is -0.265 e. The van der Waals surface area contributed by atoms with Gasteiger partial charge in [-0.2, -0.15) is 0 Å². The third kappa shape index (κ3) is 3.24. The van der Waals surface area contributed by atoms with Crippen molar-refractivity contribution in [2.45, 2.75) is 0 Å². The molecule has 0 radical (unpaired) electrons. The van der Waals surface area contributed by atoms with Crippen molar-refractivity contribution >= 4 is 17.3 Å². The summed E-state index contributed by atoms with van der Waals surface area (Å²) in [5, 5.41) is 10.9. The monoisotopic (exact) mass is 251 g/mol. The Morgan fingerprint density at radius 2 is 1.68 bits per heavy atom. The summed E-state index contributed by atoms with van der Waals surface area (Å²) in [5.41, 5.74) is 9.47. The molecule has 0 unspecified atom stereocenters. The van der Waals surface area contributed by atoms with Crippen molar-refractivity contribution in [1.29, 1.82) is 0 Å². The van der Waals surface area contributed by atoms with E-state index in [1.54, 1.807) is 42.5 Å². The van der Waals surface area contributed by atoms with Crippen LogP contribution in [-0.4, -0.2) is 5.91 Å². The number of hydrogen-bond acceptors (Lipinski definition) is 3. The lowest BCUT2D eigenvalue weighted by molar-refractivity contribution is 0.0995. The fraction of sp³-hybridized carbons (Fsp3) is 0. The number of rotatable bonds is 3. The maximum Gasteiger partial charge on any atom is 0.295 e. The first kappa shape index (κ1) is 12.5. The molecule has 0 aliphatic rings. The summed E-state index contributed by atoms with van der Waals surface area (Å²) in [6, 6.07) is 15.3. The number of azide groups is 1. The molecule has 0 fully saturated rings. The maximum absolute atomic E-state index is 11.9. The first-order chi connectivity index (χ1) is 9.31. The SMILES string of the molecule is [N-]=[N+]=Nc1ccccc1C(=O)N=Nc1ccccc1. The third-order valence-corrected chi connectivity index (χ3v) is 2.30. The van der Waals surface area contributed by atoms with E-state index in [-0.39, 0.29) is 11.3 Å². The van der Waals surface area contributed by atoms with Crippen LogP contribution in [0.15, 0.2) is 69.9 Å². The fourth-order valence-electron chi connectivity index (χ4n) is 1.44. The van der Waals surface area contributed by atoms with Crippen LogP contribution in [0, 0.1) is 0 Å². The predicted molar refractivity (Wildman–Crippen MR) is 70.5 cm³/mol. The Hall–Kier alpha value is -2.98. The zero-order chi connectivity index (χ0) is 13.5. The predicted octanol–water partition coefficient (Wildman–Crippen LogP) is 4.55. The Bertz CT molecular complexity index is 660. The molecule has 6 nitrogen and oxygen atoms in total. The van der Waals surface area contributed by atoms with E-state index >= 15 is 0 Å². The van der Waals surface area contributed by atoms with Crippen LogP contribution in [0.5, 0.6) is 0 Å². The summed E-state index contributed by atoms with van der Waals surface area (Å²) in [6.07, 6.45) is 0. The van der Waals surface area contributed by atoms with Crippen LogP contribution < -0.4 is 0 Å². The summed E-state index contributed by atoms with van der Waals surface area (Å²) < 4.78 is 0. The van der Waals surface area contributed by atoms with E-state index in [1.807, 2.05) is 6.07 Å². The van der Waals surface area contributed by atoms with Crippen molar-refractivity contribution in [1.82, 2.24) is 0 Å². The largest absolute Gasteiger partial charge is 0.295 e. The Balaban J connectivity index is 2.26. The van der Waals surface area contributed by atoms with E-state index in [2.05, 4.69) is 20.3 Å². The molecule has 0 bridgehead atoms. The number of azo groups is 1. The van der Waals surface area contributed by atoms with E-state index < -0.39 is 5.91 Å². The van der Waals surface area contributed by atoms with Crippen molar-refractivity contribution in [3.05, 3.63) is 70.6 Å². The molecule has 0 saturated carbocycles. The molecular formula is C13H9N5O. The van der Waals surface area contributed by atoms with Crippen molar-refractivity contribution < 1.29 is 4.79 Å². The van der Waals surface area contributed by atoms with Crippen LogP contribution in [-0.2, 0) is 0 Å². The van der Waals surface area contributed by atoms with Crippen LogP contribution in [0.3, 0.4) is 0 Å². The quantitative estimate of drug-likeness (QED) is 0.446. The number of carbonyl (C=O) groups is 1. The fourth-order valence-corrected chi connectivity index (χ4v) is 1.44. The number of nitrogens with zero attached hydrogens (tertiary/aromatic N) is 5. The first-order valence-electron chi connectivity index (χ1n) is 5.46. The molecule has 0 aliphatic carbocycles. The molecule has 0 heterocycles. The van der Waals surface area contributed by atoms with Crippen LogP contribution in [0.2, 0.25) is 0 Å². The number of hydrogen-bond donors (Lipinski definition) is 0. The molecule has 6 heteroatoms. The van der Waals surface area contributed by atoms with Crippen molar-refractivity contribution in [2.75, 3.05) is 0 Å². The number of amides is 1. The number of carbonyl (C=O) groups excluding carboxylic acids is 1. The van der Waals surface area contributed by atoms with E-state index in [1.165, 1.54) is 6.07 Å². The molecule has 2 aromatic rings. The van der Waals surface area contributed by atoms with Gasteiger partial charge in [0, 0.05) is 4.91 Å². The highest BCUT2D eigenvalue weighted by Gasteiger charge is 2.08. The van der Waals surface area contributed by atoms with Crippen molar-refractivity contribution in [3.8, 4) is 0 Å². The maximum atomic E-state index is 11.9. The molecule has 0 N–H and O–H groups in total. The Morgan fingerprint density at radius 3 is 2.42 bits per heavy atom. The zero-order valence-corrected chi connectivity index (χ0v) is 9.84. The molecule has 0 aromatic heterocycles. The lowest BCUT2D eigenvalue weighted by Crippen LogP contribution is -1.93. The molecule has 19 heavy (non-hydrogen) atoms. The van der Waals surface area contributed by atoms with Crippen LogP contribution in [0.1, 0.15) is 10.4 Å². The van der Waals surface area contributed by atoms with Gasteiger partial charge in [0.1, 0.15) is 0 Å². The van der Waals surface area contributed by atoms with Gasteiger partial charge in [0.15, 0.2) is 0 Å². The molecule has 0 aliphatic heterocycles. The highest BCUT2D eigenvalue weighted by atomic mass is 16.1. The highest BCUT2D eigenvalue weighted by Crippen LogP contribution is 2.20. The van der Waals surface area contributed by atoms with Crippen molar-refractivity contribution in [3.63, 3.8) is 0 Å². The second-order valence-electron chi connectivity index (χ2n) is 3.55. The van der Waals surface area contributed by atoms with Gasteiger partial charge in [-0.25, -0.2) is 0 Å². The molecule has 2 rings (SSSR count). The van der Waals surface area contributed by atoms with Gasteiger partial charge < -0.3 is 0 Å². The van der Waals surface area contributed by atoms with Crippen LogP contribution in [0.4, 0.5) is 11.4 Å². The molecule has 0 saturated heterocycles. The molecule has 2 aromatic carbocycles. The summed E-state index contributed by atoms with van der Waals surface area (Å²) >= 11 is 0. The zero-order valence-electron chi connectivity index (χ0n) is 9.84. The van der Waals surface area contributed by atoms with E-state index in [4.69, 9.17) is 5.53 Å². The summed E-state index contributed by atoms with van der Waals surface area (Å²) in [4.78, 5) is 14.5. The van der Waals surface area contributed by atoms with Gasteiger partial charge in [0.2, 0.25) is 0 Å². The molecule has 1 amide bonds. The first-order valence-corrected chi connectivity index (χ1v) is 5.46. The van der Waals surface area contributed by atoms with E-state index in [0.717, 1.165) is 0 Å². The summed E-state index contributed by atoms with van der Waals surface area (Å²) in [5.74, 6) is -0.549. The smallest absolute Gasteiger partial charge is 0.265 e. The molecule has 92 valence electrons. The topological polar surface area (TPSA) is 90.6 Å². The van der Waals surface area contributed by atoms with Gasteiger partial charge >= 0.3 is 0 Å². The van der Waals surface area contributed by atoms with Crippen LogP contribution in [0.25, 0.3) is 10.4 Å². The lowest BCUT2D eigenvalue weighted by Gasteiger charge is -1.98. The number of benzene rings is 2. The molecule has 0 atom stereocenters. The Labute approximate surface area is 109 Å². The standard InChI is InChI=1S/C13H9N5O/c14-18-16-12-9-5-4-8-11(12)13(19)17-15-10-6-2-1-3-7-10/h1-9H. The van der Waals surface area contributed by atoms with E-state index in [0.29, 0.717) is 5.69 Å². The summed E-state index contributed by atoms with van der Waals surface area (Å²) in [6.45, 7) is 0. The Morgan fingerprint density at radius 1 is 1.00 bits per heavy atom.